The van der Waals surface area contributed by atoms with Crippen molar-refractivity contribution < 1.29 is 28.9 Å². The molecule has 0 amide bonds. The maximum Gasteiger partial charge on any atom is 0.326 e. The average Bonchev–Trinajstić information content (AvgIpc) is 2.56. The van der Waals surface area contributed by atoms with Crippen LogP contribution in [0.1, 0.15) is 47.1 Å². The minimum Gasteiger partial charge on any atom is -0.459 e. The zero-order valence-corrected chi connectivity index (χ0v) is 18.4. The van der Waals surface area contributed by atoms with E-state index in [-0.39, 0.29) is 26.3 Å². The molecule has 0 aliphatic carbocycles. The number of benzene rings is 1. The van der Waals surface area contributed by atoms with Crippen LogP contribution in [-0.4, -0.2) is 65.5 Å². The molecule has 0 radical (unpaired) electrons. The summed E-state index contributed by atoms with van der Waals surface area (Å²) >= 11 is 0. The second-order valence-corrected chi connectivity index (χ2v) is 8.83. The summed E-state index contributed by atoms with van der Waals surface area (Å²) in [6.07, 6.45) is 0. The number of aliphatic hydroxyl groups excluding tert-OH is 1. The number of hydrogen-bond donors (Lipinski definition) is 1. The third-order valence-electron chi connectivity index (χ3n) is 3.65. The standard InChI is InChI=1S/C22H35NO6/c1-21(2,3)28-19(25)14-23(12-13-24)18(20(26)29-22(4,5)6)16-27-15-17-10-8-7-9-11-17/h7-11,18,24H,12-16H2,1-6H3/t18-/m0/s1. The van der Waals surface area contributed by atoms with E-state index < -0.39 is 29.2 Å². The minimum absolute atomic E-state index is 0.0204. The molecule has 0 aromatic heterocycles. The Kier molecular flexibility index (Phi) is 9.76. The Hall–Kier alpha value is -1.96. The van der Waals surface area contributed by atoms with Gasteiger partial charge in [-0.15, -0.1) is 0 Å². The van der Waals surface area contributed by atoms with Gasteiger partial charge in [-0.05, 0) is 47.1 Å². The molecule has 1 atom stereocenters. The van der Waals surface area contributed by atoms with E-state index in [4.69, 9.17) is 14.2 Å². The molecule has 0 saturated heterocycles. The van der Waals surface area contributed by atoms with Crippen molar-refractivity contribution >= 4 is 11.9 Å². The Morgan fingerprint density at radius 2 is 1.59 bits per heavy atom. The molecule has 0 spiro atoms. The molecular formula is C22H35NO6. The molecule has 0 aliphatic heterocycles. The van der Waals surface area contributed by atoms with Crippen LogP contribution in [0, 0.1) is 0 Å². The first-order valence-corrected chi connectivity index (χ1v) is 9.82. The number of hydrogen-bond acceptors (Lipinski definition) is 7. The Labute approximate surface area is 173 Å². The summed E-state index contributed by atoms with van der Waals surface area (Å²) in [5.74, 6) is -0.995. The molecule has 0 aliphatic rings. The summed E-state index contributed by atoms with van der Waals surface area (Å²) in [5, 5.41) is 9.46. The number of ether oxygens (including phenoxy) is 3. The first-order valence-electron chi connectivity index (χ1n) is 9.82. The fraction of sp³-hybridized carbons (Fsp3) is 0.636. The van der Waals surface area contributed by atoms with Crippen LogP contribution in [0.25, 0.3) is 0 Å². The van der Waals surface area contributed by atoms with E-state index in [2.05, 4.69) is 0 Å². The summed E-state index contributed by atoms with van der Waals surface area (Å²) in [7, 11) is 0. The van der Waals surface area contributed by atoms with Crippen LogP contribution in [0.3, 0.4) is 0 Å². The lowest BCUT2D eigenvalue weighted by Crippen LogP contribution is -2.50. The highest BCUT2D eigenvalue weighted by Crippen LogP contribution is 2.14. The molecule has 0 unspecified atom stereocenters. The van der Waals surface area contributed by atoms with E-state index in [0.29, 0.717) is 6.61 Å². The molecule has 1 aromatic carbocycles. The van der Waals surface area contributed by atoms with Gasteiger partial charge in [-0.2, -0.15) is 0 Å². The molecule has 7 heteroatoms. The maximum absolute atomic E-state index is 12.8. The van der Waals surface area contributed by atoms with E-state index in [1.807, 2.05) is 30.3 Å². The number of nitrogens with zero attached hydrogens (tertiary/aromatic N) is 1. The van der Waals surface area contributed by atoms with Crippen molar-refractivity contribution in [3.63, 3.8) is 0 Å². The third kappa shape index (κ3) is 11.0. The van der Waals surface area contributed by atoms with E-state index in [1.165, 1.54) is 4.90 Å². The smallest absolute Gasteiger partial charge is 0.326 e. The minimum atomic E-state index is -0.849. The van der Waals surface area contributed by atoms with Gasteiger partial charge in [-0.25, -0.2) is 0 Å². The highest BCUT2D eigenvalue weighted by atomic mass is 16.6. The van der Waals surface area contributed by atoms with Crippen molar-refractivity contribution in [3.8, 4) is 0 Å². The van der Waals surface area contributed by atoms with E-state index in [0.717, 1.165) is 5.56 Å². The summed E-state index contributed by atoms with van der Waals surface area (Å²) in [6.45, 7) is 10.7. The quantitative estimate of drug-likeness (QED) is 0.595. The number of esters is 2. The molecule has 7 nitrogen and oxygen atoms in total. The maximum atomic E-state index is 12.8. The van der Waals surface area contributed by atoms with E-state index in [1.54, 1.807) is 41.5 Å². The number of carbonyl (C=O) groups is 2. The predicted octanol–water partition coefficient (Wildman–Crippen LogP) is 2.55. The van der Waals surface area contributed by atoms with Gasteiger partial charge in [0.2, 0.25) is 0 Å². The van der Waals surface area contributed by atoms with Crippen LogP contribution in [0.15, 0.2) is 30.3 Å². The van der Waals surface area contributed by atoms with Crippen LogP contribution in [-0.2, 0) is 30.4 Å². The summed E-state index contributed by atoms with van der Waals surface area (Å²) in [6, 6.07) is 8.73. The highest BCUT2D eigenvalue weighted by molar-refractivity contribution is 5.78. The van der Waals surface area contributed by atoms with E-state index >= 15 is 0 Å². The molecular weight excluding hydrogens is 374 g/mol. The lowest BCUT2D eigenvalue weighted by atomic mass is 10.1. The topological polar surface area (TPSA) is 85.3 Å². The highest BCUT2D eigenvalue weighted by Gasteiger charge is 2.32. The van der Waals surface area contributed by atoms with Crippen molar-refractivity contribution in [3.05, 3.63) is 35.9 Å². The van der Waals surface area contributed by atoms with Gasteiger partial charge in [-0.1, -0.05) is 30.3 Å². The normalized spacial score (nSPS) is 13.2. The van der Waals surface area contributed by atoms with Crippen molar-refractivity contribution in [2.24, 2.45) is 0 Å². The van der Waals surface area contributed by atoms with Gasteiger partial charge >= 0.3 is 11.9 Å². The average molecular weight is 410 g/mol. The van der Waals surface area contributed by atoms with Crippen LogP contribution in [0.2, 0.25) is 0 Å². The molecule has 1 N–H and O–H groups in total. The molecule has 164 valence electrons. The van der Waals surface area contributed by atoms with Crippen molar-refractivity contribution in [2.45, 2.75) is 65.4 Å². The first kappa shape index (κ1) is 25.1. The van der Waals surface area contributed by atoms with Gasteiger partial charge in [0, 0.05) is 6.54 Å². The Bertz CT molecular complexity index is 633. The Balaban J connectivity index is 2.90. The zero-order valence-electron chi connectivity index (χ0n) is 18.4. The van der Waals surface area contributed by atoms with Crippen molar-refractivity contribution in [1.29, 1.82) is 0 Å². The van der Waals surface area contributed by atoms with Crippen LogP contribution < -0.4 is 0 Å². The summed E-state index contributed by atoms with van der Waals surface area (Å²) < 4.78 is 16.6. The third-order valence-corrected chi connectivity index (χ3v) is 3.65. The zero-order chi connectivity index (χ0) is 22.1. The molecule has 0 saturated carbocycles. The number of carbonyl (C=O) groups excluding carboxylic acids is 2. The molecule has 1 rings (SSSR count). The second-order valence-electron chi connectivity index (χ2n) is 8.83. The fourth-order valence-corrected chi connectivity index (χ4v) is 2.57. The summed E-state index contributed by atoms with van der Waals surface area (Å²) in [5.41, 5.74) is -0.366. The van der Waals surface area contributed by atoms with E-state index in [9.17, 15) is 14.7 Å². The van der Waals surface area contributed by atoms with Crippen LogP contribution in [0.4, 0.5) is 0 Å². The Morgan fingerprint density at radius 3 is 2.10 bits per heavy atom. The largest absolute Gasteiger partial charge is 0.459 e. The SMILES string of the molecule is CC(C)(C)OC(=O)CN(CCO)[C@@H](COCc1ccccc1)C(=O)OC(C)(C)C. The molecule has 0 fully saturated rings. The van der Waals surface area contributed by atoms with Gasteiger partial charge in [0.05, 0.1) is 26.4 Å². The monoisotopic (exact) mass is 409 g/mol. The Morgan fingerprint density at radius 1 is 1.00 bits per heavy atom. The van der Waals surface area contributed by atoms with Crippen LogP contribution >= 0.6 is 0 Å². The molecule has 1 aromatic rings. The first-order chi connectivity index (χ1) is 13.4. The number of aliphatic hydroxyl groups is 1. The van der Waals surface area contributed by atoms with Gasteiger partial charge in [0.1, 0.15) is 17.2 Å². The molecule has 29 heavy (non-hydrogen) atoms. The predicted molar refractivity (Wildman–Crippen MR) is 110 cm³/mol. The van der Waals surface area contributed by atoms with Gasteiger partial charge in [0.15, 0.2) is 0 Å². The van der Waals surface area contributed by atoms with Crippen LogP contribution in [0.5, 0.6) is 0 Å². The number of rotatable bonds is 10. The van der Waals surface area contributed by atoms with Gasteiger partial charge in [-0.3, -0.25) is 14.5 Å². The lowest BCUT2D eigenvalue weighted by molar-refractivity contribution is -0.167. The fourth-order valence-electron chi connectivity index (χ4n) is 2.57. The van der Waals surface area contributed by atoms with Crippen molar-refractivity contribution in [2.75, 3.05) is 26.3 Å². The molecule has 0 bridgehead atoms. The molecule has 0 heterocycles. The van der Waals surface area contributed by atoms with Gasteiger partial charge in [0.25, 0.3) is 0 Å². The summed E-state index contributed by atoms with van der Waals surface area (Å²) in [4.78, 5) is 26.7. The lowest BCUT2D eigenvalue weighted by Gasteiger charge is -2.32. The van der Waals surface area contributed by atoms with Gasteiger partial charge < -0.3 is 19.3 Å². The van der Waals surface area contributed by atoms with Crippen molar-refractivity contribution in [1.82, 2.24) is 4.90 Å². The second kappa shape index (κ2) is 11.3.